The molecular formula is C30H33NO2S. The van der Waals surface area contributed by atoms with Crippen LogP contribution in [0.2, 0.25) is 0 Å². The number of hydrogen-bond acceptors (Lipinski definition) is 4. The molecule has 34 heavy (non-hydrogen) atoms. The van der Waals surface area contributed by atoms with E-state index in [0.717, 1.165) is 53.6 Å². The number of rotatable bonds is 8. The van der Waals surface area contributed by atoms with E-state index in [-0.39, 0.29) is 12.1 Å². The van der Waals surface area contributed by atoms with Crippen molar-refractivity contribution in [1.29, 1.82) is 0 Å². The number of esters is 1. The number of benzene rings is 3. The Hall–Kier alpha value is -2.85. The Labute approximate surface area is 208 Å². The van der Waals surface area contributed by atoms with Crippen molar-refractivity contribution < 1.29 is 9.53 Å². The van der Waals surface area contributed by atoms with Gasteiger partial charge in [0, 0.05) is 23.3 Å². The van der Waals surface area contributed by atoms with Crippen LogP contribution in [0.5, 0.6) is 0 Å². The number of carbonyl (C=O) groups excluding carboxylic acids is 1. The summed E-state index contributed by atoms with van der Waals surface area (Å²) < 4.78 is 6.07. The van der Waals surface area contributed by atoms with Gasteiger partial charge < -0.3 is 4.74 Å². The zero-order valence-corrected chi connectivity index (χ0v) is 20.5. The van der Waals surface area contributed by atoms with Gasteiger partial charge >= 0.3 is 5.97 Å². The lowest BCUT2D eigenvalue weighted by Gasteiger charge is -2.20. The van der Waals surface area contributed by atoms with Crippen molar-refractivity contribution >= 4 is 24.3 Å². The van der Waals surface area contributed by atoms with Crippen LogP contribution in [-0.4, -0.2) is 23.8 Å². The average Bonchev–Trinajstić information content (AvgIpc) is 3.16. The first-order valence-corrected chi connectivity index (χ1v) is 12.9. The van der Waals surface area contributed by atoms with Crippen LogP contribution in [0.25, 0.3) is 0 Å². The van der Waals surface area contributed by atoms with Crippen molar-refractivity contribution in [2.24, 2.45) is 4.99 Å². The van der Waals surface area contributed by atoms with Gasteiger partial charge in [-0.2, -0.15) is 12.6 Å². The molecule has 1 aliphatic carbocycles. The first kappa shape index (κ1) is 24.3. The van der Waals surface area contributed by atoms with E-state index >= 15 is 0 Å². The molecule has 1 fully saturated rings. The lowest BCUT2D eigenvalue weighted by molar-refractivity contribution is -0.151. The minimum absolute atomic E-state index is 0.00613. The van der Waals surface area contributed by atoms with Gasteiger partial charge in [0.2, 0.25) is 0 Å². The molecule has 0 saturated heterocycles. The second-order valence-corrected chi connectivity index (χ2v) is 9.27. The van der Waals surface area contributed by atoms with Crippen LogP contribution in [0, 0.1) is 0 Å². The van der Waals surface area contributed by atoms with Gasteiger partial charge in [0.1, 0.15) is 6.10 Å². The molecule has 176 valence electrons. The van der Waals surface area contributed by atoms with Crippen LogP contribution in [0.4, 0.5) is 0 Å². The molecule has 0 spiro atoms. The highest BCUT2D eigenvalue weighted by atomic mass is 32.1. The minimum Gasteiger partial charge on any atom is -0.461 e. The van der Waals surface area contributed by atoms with E-state index in [9.17, 15) is 4.79 Å². The summed E-state index contributed by atoms with van der Waals surface area (Å²) in [5.74, 6) is 0.431. The number of ether oxygens (including phenoxy) is 1. The minimum atomic E-state index is -0.617. The van der Waals surface area contributed by atoms with E-state index in [0.29, 0.717) is 12.2 Å². The zero-order valence-electron chi connectivity index (χ0n) is 19.6. The summed E-state index contributed by atoms with van der Waals surface area (Å²) in [7, 11) is 0. The van der Waals surface area contributed by atoms with Crippen LogP contribution in [0.15, 0.2) is 89.9 Å². The second kappa shape index (κ2) is 12.6. The van der Waals surface area contributed by atoms with E-state index < -0.39 is 6.04 Å². The molecule has 0 aromatic heterocycles. The molecule has 4 rings (SSSR count). The number of nitrogens with zero attached hydrogens (tertiary/aromatic N) is 1. The zero-order chi connectivity index (χ0) is 23.6. The summed E-state index contributed by atoms with van der Waals surface area (Å²) in [4.78, 5) is 18.6. The van der Waals surface area contributed by atoms with E-state index in [2.05, 4.69) is 30.8 Å². The molecule has 0 amide bonds. The van der Waals surface area contributed by atoms with Crippen molar-refractivity contribution in [1.82, 2.24) is 0 Å². The predicted octanol–water partition coefficient (Wildman–Crippen LogP) is 6.83. The number of thiol groups is 1. The fourth-order valence-electron chi connectivity index (χ4n) is 4.53. The predicted molar refractivity (Wildman–Crippen MR) is 143 cm³/mol. The molecule has 1 unspecified atom stereocenters. The Bertz CT molecular complexity index is 1030. The molecule has 0 N–H and O–H groups in total. The Morgan fingerprint density at radius 2 is 1.41 bits per heavy atom. The fraction of sp³-hybridized carbons (Fsp3) is 0.333. The third kappa shape index (κ3) is 6.83. The summed E-state index contributed by atoms with van der Waals surface area (Å²) in [6.07, 6.45) is 7.06. The summed E-state index contributed by atoms with van der Waals surface area (Å²) in [5, 5.41) is 0. The molecule has 0 aliphatic heterocycles. The topological polar surface area (TPSA) is 38.7 Å². The van der Waals surface area contributed by atoms with Crippen molar-refractivity contribution in [3.05, 3.63) is 107 Å². The SMILES string of the molecule is O=C(OC1CCCCCC1)C(Cc1cccc(CS)c1)N=C(c1ccccc1)c1ccccc1. The quantitative estimate of drug-likeness (QED) is 0.169. The van der Waals surface area contributed by atoms with Gasteiger partial charge in [0.15, 0.2) is 6.04 Å². The highest BCUT2D eigenvalue weighted by molar-refractivity contribution is 7.79. The monoisotopic (exact) mass is 471 g/mol. The molecule has 0 bridgehead atoms. The number of hydrogen-bond donors (Lipinski definition) is 1. The molecule has 4 heteroatoms. The second-order valence-electron chi connectivity index (χ2n) is 8.96. The Balaban J connectivity index is 1.69. The van der Waals surface area contributed by atoms with E-state index in [1.54, 1.807) is 0 Å². The third-order valence-electron chi connectivity index (χ3n) is 6.34. The van der Waals surface area contributed by atoms with Crippen molar-refractivity contribution in [2.45, 2.75) is 62.8 Å². The standard InChI is InChI=1S/C30H33NO2S/c32-30(33-27-18-9-1-2-10-19-27)28(21-23-12-11-13-24(20-23)22-34)31-29(25-14-5-3-6-15-25)26-16-7-4-8-17-26/h3-8,11-17,20,27-28,34H,1-2,9-10,18-19,21-22H2. The fourth-order valence-corrected chi connectivity index (χ4v) is 4.72. The van der Waals surface area contributed by atoms with Crippen molar-refractivity contribution in [2.75, 3.05) is 0 Å². The van der Waals surface area contributed by atoms with E-state index in [1.165, 1.54) is 12.8 Å². The molecule has 3 aromatic carbocycles. The van der Waals surface area contributed by atoms with Gasteiger partial charge in [-0.3, -0.25) is 4.99 Å². The number of carbonyl (C=O) groups is 1. The lowest BCUT2D eigenvalue weighted by atomic mass is 10.00. The Kier molecular flexibility index (Phi) is 8.97. The first-order chi connectivity index (χ1) is 16.7. The Morgan fingerprint density at radius 3 is 2.00 bits per heavy atom. The van der Waals surface area contributed by atoms with Crippen LogP contribution in [-0.2, 0) is 21.7 Å². The highest BCUT2D eigenvalue weighted by Crippen LogP contribution is 2.22. The molecule has 0 heterocycles. The first-order valence-electron chi connectivity index (χ1n) is 12.3. The maximum atomic E-state index is 13.5. The molecule has 0 radical (unpaired) electrons. The van der Waals surface area contributed by atoms with E-state index in [1.807, 2.05) is 66.7 Å². The molecule has 1 atom stereocenters. The van der Waals surface area contributed by atoms with Gasteiger partial charge in [0.25, 0.3) is 0 Å². The summed E-state index contributed by atoms with van der Waals surface area (Å²) in [5.41, 5.74) is 5.00. The Morgan fingerprint density at radius 1 is 0.824 bits per heavy atom. The van der Waals surface area contributed by atoms with Crippen LogP contribution in [0.1, 0.15) is 60.8 Å². The van der Waals surface area contributed by atoms with Crippen LogP contribution < -0.4 is 0 Å². The third-order valence-corrected chi connectivity index (χ3v) is 6.70. The molecule has 1 aliphatic rings. The molecule has 3 aromatic rings. The maximum absolute atomic E-state index is 13.5. The normalized spacial score (nSPS) is 15.2. The molecule has 1 saturated carbocycles. The van der Waals surface area contributed by atoms with Gasteiger partial charge in [-0.15, -0.1) is 0 Å². The summed E-state index contributed by atoms with van der Waals surface area (Å²) in [6, 6.07) is 27.8. The van der Waals surface area contributed by atoms with Gasteiger partial charge in [-0.25, -0.2) is 4.79 Å². The van der Waals surface area contributed by atoms with Crippen LogP contribution in [0.3, 0.4) is 0 Å². The van der Waals surface area contributed by atoms with Gasteiger partial charge in [-0.05, 0) is 36.8 Å². The van der Waals surface area contributed by atoms with Gasteiger partial charge in [-0.1, -0.05) is 97.8 Å². The van der Waals surface area contributed by atoms with Crippen LogP contribution >= 0.6 is 12.6 Å². The molecular weight excluding hydrogens is 438 g/mol. The summed E-state index contributed by atoms with van der Waals surface area (Å²) >= 11 is 4.42. The van der Waals surface area contributed by atoms with E-state index in [4.69, 9.17) is 9.73 Å². The van der Waals surface area contributed by atoms with Gasteiger partial charge in [0.05, 0.1) is 5.71 Å². The summed E-state index contributed by atoms with van der Waals surface area (Å²) in [6.45, 7) is 0. The molecule has 3 nitrogen and oxygen atoms in total. The maximum Gasteiger partial charge on any atom is 0.331 e. The largest absolute Gasteiger partial charge is 0.461 e. The average molecular weight is 472 g/mol. The number of aliphatic imine (C=N–C) groups is 1. The smallest absolute Gasteiger partial charge is 0.331 e. The lowest BCUT2D eigenvalue weighted by Crippen LogP contribution is -2.30. The van der Waals surface area contributed by atoms with Crippen molar-refractivity contribution in [3.63, 3.8) is 0 Å². The highest BCUT2D eigenvalue weighted by Gasteiger charge is 2.25. The van der Waals surface area contributed by atoms with Crippen molar-refractivity contribution in [3.8, 4) is 0 Å².